The summed E-state index contributed by atoms with van der Waals surface area (Å²) < 4.78 is 10.7. The molecule has 1 atom stereocenters. The van der Waals surface area contributed by atoms with Crippen molar-refractivity contribution in [2.24, 2.45) is 0 Å². The quantitative estimate of drug-likeness (QED) is 0.895. The molecule has 110 valence electrons. The average molecular weight is 279 g/mol. The Morgan fingerprint density at radius 2 is 2.15 bits per heavy atom. The third-order valence-corrected chi connectivity index (χ3v) is 4.10. The largest absolute Gasteiger partial charge is 0.493 e. The molecule has 20 heavy (non-hydrogen) atoms. The molecule has 1 unspecified atom stereocenters. The first-order valence-electron chi connectivity index (χ1n) is 6.71. The summed E-state index contributed by atoms with van der Waals surface area (Å²) in [4.78, 5) is 13.5. The fourth-order valence-corrected chi connectivity index (χ4v) is 2.80. The Hall–Kier alpha value is -1.75. The molecular formula is C15H21NO4. The van der Waals surface area contributed by atoms with Crippen LogP contribution in [0.2, 0.25) is 0 Å². The number of para-hydroxylation sites is 1. The highest BCUT2D eigenvalue weighted by Crippen LogP contribution is 2.36. The molecule has 5 heteroatoms. The van der Waals surface area contributed by atoms with Crippen molar-refractivity contribution in [3.05, 3.63) is 23.8 Å². The molecule has 0 aliphatic carbocycles. The number of ether oxygens (including phenoxy) is 2. The van der Waals surface area contributed by atoms with E-state index in [0.29, 0.717) is 24.5 Å². The number of aliphatic carboxylic acids is 1. The molecule has 1 aliphatic rings. The van der Waals surface area contributed by atoms with Crippen LogP contribution in [-0.4, -0.2) is 42.3 Å². The normalized spacial score (nSPS) is 22.8. The number of carboxylic acid groups (broad SMARTS) is 1. The molecule has 2 rings (SSSR count). The van der Waals surface area contributed by atoms with Crippen LogP contribution in [0.25, 0.3) is 0 Å². The smallest absolute Gasteiger partial charge is 0.323 e. The van der Waals surface area contributed by atoms with Crippen molar-refractivity contribution < 1.29 is 19.4 Å². The first kappa shape index (κ1) is 14.7. The molecular weight excluding hydrogens is 258 g/mol. The van der Waals surface area contributed by atoms with E-state index >= 15 is 0 Å². The number of benzene rings is 1. The maximum absolute atomic E-state index is 11.5. The van der Waals surface area contributed by atoms with Gasteiger partial charge in [-0.3, -0.25) is 9.69 Å². The molecule has 0 radical (unpaired) electrons. The van der Waals surface area contributed by atoms with E-state index < -0.39 is 11.5 Å². The summed E-state index contributed by atoms with van der Waals surface area (Å²) in [5.41, 5.74) is 0.148. The molecule has 1 aromatic rings. The molecule has 1 aliphatic heterocycles. The fourth-order valence-electron chi connectivity index (χ4n) is 2.80. The molecule has 0 spiro atoms. The lowest BCUT2D eigenvalue weighted by Crippen LogP contribution is -2.47. The summed E-state index contributed by atoms with van der Waals surface area (Å²) in [5, 5.41) is 9.45. The third kappa shape index (κ3) is 2.45. The van der Waals surface area contributed by atoms with Crippen LogP contribution >= 0.6 is 0 Å². The maximum Gasteiger partial charge on any atom is 0.323 e. The SMILES string of the molecule is COc1cccc(CN2CCCC2(C)C(=O)O)c1OC. The van der Waals surface area contributed by atoms with Crippen LogP contribution in [0.15, 0.2) is 18.2 Å². The predicted molar refractivity (Wildman–Crippen MR) is 75.2 cm³/mol. The topological polar surface area (TPSA) is 59.0 Å². The molecule has 1 saturated heterocycles. The van der Waals surface area contributed by atoms with E-state index in [2.05, 4.69) is 0 Å². The van der Waals surface area contributed by atoms with E-state index in [-0.39, 0.29) is 0 Å². The predicted octanol–water partition coefficient (Wildman–Crippen LogP) is 2.14. The van der Waals surface area contributed by atoms with Gasteiger partial charge in [0, 0.05) is 12.1 Å². The molecule has 1 heterocycles. The van der Waals surface area contributed by atoms with Gasteiger partial charge < -0.3 is 14.6 Å². The van der Waals surface area contributed by atoms with Crippen molar-refractivity contribution in [1.29, 1.82) is 0 Å². The van der Waals surface area contributed by atoms with E-state index in [1.165, 1.54) is 0 Å². The number of rotatable bonds is 5. The van der Waals surface area contributed by atoms with Crippen LogP contribution in [-0.2, 0) is 11.3 Å². The van der Waals surface area contributed by atoms with Gasteiger partial charge in [0.1, 0.15) is 5.54 Å². The van der Waals surface area contributed by atoms with Gasteiger partial charge in [0.05, 0.1) is 14.2 Å². The van der Waals surface area contributed by atoms with Crippen molar-refractivity contribution in [1.82, 2.24) is 4.90 Å². The van der Waals surface area contributed by atoms with E-state index in [4.69, 9.17) is 9.47 Å². The third-order valence-electron chi connectivity index (χ3n) is 4.10. The maximum atomic E-state index is 11.5. The number of hydrogen-bond donors (Lipinski definition) is 1. The van der Waals surface area contributed by atoms with Crippen LogP contribution in [0.3, 0.4) is 0 Å². The molecule has 1 fully saturated rings. The minimum atomic E-state index is -0.798. The second-order valence-electron chi connectivity index (χ2n) is 5.26. The zero-order valence-electron chi connectivity index (χ0n) is 12.2. The van der Waals surface area contributed by atoms with Gasteiger partial charge >= 0.3 is 5.97 Å². The van der Waals surface area contributed by atoms with Crippen LogP contribution in [0.1, 0.15) is 25.3 Å². The Bertz CT molecular complexity index is 503. The highest BCUT2D eigenvalue weighted by molar-refractivity contribution is 5.78. The second-order valence-corrected chi connectivity index (χ2v) is 5.26. The second kappa shape index (κ2) is 5.71. The van der Waals surface area contributed by atoms with Crippen LogP contribution in [0, 0.1) is 0 Å². The van der Waals surface area contributed by atoms with Crippen molar-refractivity contribution in [3.8, 4) is 11.5 Å². The van der Waals surface area contributed by atoms with Crippen molar-refractivity contribution >= 4 is 5.97 Å². The summed E-state index contributed by atoms with van der Waals surface area (Å²) in [6.07, 6.45) is 1.57. The van der Waals surface area contributed by atoms with Gasteiger partial charge in [-0.15, -0.1) is 0 Å². The Morgan fingerprint density at radius 3 is 2.75 bits per heavy atom. The van der Waals surface area contributed by atoms with Crippen LogP contribution in [0.5, 0.6) is 11.5 Å². The van der Waals surface area contributed by atoms with E-state index in [1.54, 1.807) is 21.1 Å². The summed E-state index contributed by atoms with van der Waals surface area (Å²) in [6, 6.07) is 5.68. The number of hydrogen-bond acceptors (Lipinski definition) is 4. The van der Waals surface area contributed by atoms with Crippen LogP contribution < -0.4 is 9.47 Å². The zero-order chi connectivity index (χ0) is 14.8. The minimum absolute atomic E-state index is 0.545. The van der Waals surface area contributed by atoms with E-state index in [0.717, 1.165) is 18.5 Å². The van der Waals surface area contributed by atoms with Gasteiger partial charge in [0.25, 0.3) is 0 Å². The molecule has 1 aromatic carbocycles. The Kier molecular flexibility index (Phi) is 4.18. The zero-order valence-corrected chi connectivity index (χ0v) is 12.2. The highest BCUT2D eigenvalue weighted by Gasteiger charge is 2.43. The van der Waals surface area contributed by atoms with Gasteiger partial charge in [-0.05, 0) is 32.4 Å². The highest BCUT2D eigenvalue weighted by atomic mass is 16.5. The Morgan fingerprint density at radius 1 is 1.40 bits per heavy atom. The molecule has 0 amide bonds. The van der Waals surface area contributed by atoms with Crippen molar-refractivity contribution in [2.45, 2.75) is 31.8 Å². The van der Waals surface area contributed by atoms with E-state index in [9.17, 15) is 9.90 Å². The molecule has 1 N–H and O–H groups in total. The molecule has 0 aromatic heterocycles. The molecule has 0 saturated carbocycles. The number of methoxy groups -OCH3 is 2. The lowest BCUT2D eigenvalue weighted by Gasteiger charge is -2.31. The minimum Gasteiger partial charge on any atom is -0.493 e. The van der Waals surface area contributed by atoms with Gasteiger partial charge in [0.2, 0.25) is 0 Å². The first-order valence-corrected chi connectivity index (χ1v) is 6.71. The van der Waals surface area contributed by atoms with E-state index in [1.807, 2.05) is 23.1 Å². The standard InChI is InChI=1S/C15H21NO4/c1-15(14(17)18)8-5-9-16(15)10-11-6-4-7-12(19-2)13(11)20-3/h4,6-7H,5,8-10H2,1-3H3,(H,17,18). The Balaban J connectivity index is 2.28. The molecule has 5 nitrogen and oxygen atoms in total. The van der Waals surface area contributed by atoms with Gasteiger partial charge in [0.15, 0.2) is 11.5 Å². The monoisotopic (exact) mass is 279 g/mol. The molecule has 0 bridgehead atoms. The van der Waals surface area contributed by atoms with Crippen molar-refractivity contribution in [3.63, 3.8) is 0 Å². The number of nitrogens with zero attached hydrogens (tertiary/aromatic N) is 1. The lowest BCUT2D eigenvalue weighted by atomic mass is 9.98. The average Bonchev–Trinajstić information content (AvgIpc) is 2.81. The number of likely N-dealkylation sites (tertiary alicyclic amines) is 1. The fraction of sp³-hybridized carbons (Fsp3) is 0.533. The number of carboxylic acids is 1. The lowest BCUT2D eigenvalue weighted by molar-refractivity contribution is -0.148. The summed E-state index contributed by atoms with van der Waals surface area (Å²) >= 11 is 0. The van der Waals surface area contributed by atoms with Gasteiger partial charge in [-0.1, -0.05) is 12.1 Å². The summed E-state index contributed by atoms with van der Waals surface area (Å²) in [5.74, 6) is 0.577. The summed E-state index contributed by atoms with van der Waals surface area (Å²) in [7, 11) is 3.20. The first-order chi connectivity index (χ1) is 9.52. The van der Waals surface area contributed by atoms with Crippen molar-refractivity contribution in [2.75, 3.05) is 20.8 Å². The van der Waals surface area contributed by atoms with Crippen LogP contribution in [0.4, 0.5) is 0 Å². The summed E-state index contributed by atoms with van der Waals surface area (Å²) in [6.45, 7) is 3.11. The number of carbonyl (C=O) groups is 1. The van der Waals surface area contributed by atoms with Gasteiger partial charge in [-0.2, -0.15) is 0 Å². The Labute approximate surface area is 119 Å². The van der Waals surface area contributed by atoms with Gasteiger partial charge in [-0.25, -0.2) is 0 Å².